The second-order valence-electron chi connectivity index (χ2n) is 4.39. The smallest absolute Gasteiger partial charge is 0.308 e. The largest absolute Gasteiger partial charge is 0.481 e. The van der Waals surface area contributed by atoms with Crippen LogP contribution in [0.5, 0.6) is 0 Å². The first-order valence-electron chi connectivity index (χ1n) is 6.01. The van der Waals surface area contributed by atoms with E-state index in [0.29, 0.717) is 17.1 Å². The van der Waals surface area contributed by atoms with Crippen molar-refractivity contribution in [1.29, 1.82) is 0 Å². The highest BCUT2D eigenvalue weighted by Gasteiger charge is 2.22. The third kappa shape index (κ3) is 3.92. The van der Waals surface area contributed by atoms with E-state index in [4.69, 9.17) is 16.7 Å². The van der Waals surface area contributed by atoms with Crippen molar-refractivity contribution in [2.45, 2.75) is 20.8 Å². The Morgan fingerprint density at radius 3 is 2.63 bits per heavy atom. The second-order valence-corrected chi connectivity index (χ2v) is 4.80. The summed E-state index contributed by atoms with van der Waals surface area (Å²) in [5, 5.41) is 9.23. The minimum absolute atomic E-state index is 0.148. The molecule has 0 radical (unpaired) electrons. The summed E-state index contributed by atoms with van der Waals surface area (Å²) >= 11 is 6.02. The summed E-state index contributed by atoms with van der Waals surface area (Å²) in [6, 6.07) is 1.61. The summed E-state index contributed by atoms with van der Waals surface area (Å²) in [5.41, 5.74) is 1.02. The number of amides is 1. The van der Waals surface area contributed by atoms with Crippen molar-refractivity contribution in [3.63, 3.8) is 0 Å². The molecule has 6 heteroatoms. The number of halogens is 1. The van der Waals surface area contributed by atoms with Crippen LogP contribution in [0.15, 0.2) is 12.3 Å². The minimum Gasteiger partial charge on any atom is -0.481 e. The number of aliphatic carboxylic acids is 1. The number of carboxylic acid groups (broad SMARTS) is 1. The van der Waals surface area contributed by atoms with Gasteiger partial charge in [0.25, 0.3) is 5.91 Å². The van der Waals surface area contributed by atoms with Gasteiger partial charge in [-0.25, -0.2) is 0 Å². The molecule has 104 valence electrons. The van der Waals surface area contributed by atoms with Crippen LogP contribution >= 0.6 is 11.6 Å². The Bertz CT molecular complexity index is 491. The van der Waals surface area contributed by atoms with Crippen molar-refractivity contribution in [2.24, 2.45) is 5.92 Å². The first-order chi connectivity index (χ1) is 8.86. The van der Waals surface area contributed by atoms with E-state index in [9.17, 15) is 9.59 Å². The van der Waals surface area contributed by atoms with E-state index >= 15 is 0 Å². The topological polar surface area (TPSA) is 70.5 Å². The number of rotatable bonds is 5. The number of carbonyl (C=O) groups excluding carboxylic acids is 1. The molecule has 5 nitrogen and oxygen atoms in total. The molecule has 19 heavy (non-hydrogen) atoms. The van der Waals surface area contributed by atoms with E-state index < -0.39 is 11.9 Å². The number of nitrogens with zero attached hydrogens (tertiary/aromatic N) is 2. The second kappa shape index (κ2) is 6.52. The zero-order valence-corrected chi connectivity index (χ0v) is 11.9. The molecule has 0 fully saturated rings. The van der Waals surface area contributed by atoms with Gasteiger partial charge in [0.15, 0.2) is 0 Å². The number of pyridine rings is 1. The maximum atomic E-state index is 12.3. The Hall–Kier alpha value is -1.62. The zero-order chi connectivity index (χ0) is 14.6. The SMILES string of the molecule is CCN(CC(C)C(=O)O)C(=O)c1cnc(C)cc1Cl. The van der Waals surface area contributed by atoms with Crippen molar-refractivity contribution in [2.75, 3.05) is 13.1 Å². The first-order valence-corrected chi connectivity index (χ1v) is 6.38. The van der Waals surface area contributed by atoms with Gasteiger partial charge in [-0.3, -0.25) is 14.6 Å². The van der Waals surface area contributed by atoms with E-state index in [1.165, 1.54) is 11.1 Å². The van der Waals surface area contributed by atoms with Crippen LogP contribution in [0.4, 0.5) is 0 Å². The number of carboxylic acids is 1. The van der Waals surface area contributed by atoms with Gasteiger partial charge < -0.3 is 10.0 Å². The third-order valence-electron chi connectivity index (χ3n) is 2.81. The van der Waals surface area contributed by atoms with Crippen molar-refractivity contribution >= 4 is 23.5 Å². The summed E-state index contributed by atoms with van der Waals surface area (Å²) in [5.74, 6) is -1.85. The summed E-state index contributed by atoms with van der Waals surface area (Å²) in [6.07, 6.45) is 1.42. The van der Waals surface area contributed by atoms with Gasteiger partial charge >= 0.3 is 5.97 Å². The van der Waals surface area contributed by atoms with Gasteiger partial charge in [0, 0.05) is 25.0 Å². The molecule has 1 rings (SSSR count). The van der Waals surface area contributed by atoms with Crippen molar-refractivity contribution in [3.05, 3.63) is 28.5 Å². The molecule has 1 N–H and O–H groups in total. The predicted octanol–water partition coefficient (Wildman–Crippen LogP) is 2.23. The molecule has 1 amide bonds. The molecule has 0 bridgehead atoms. The number of aromatic nitrogens is 1. The van der Waals surface area contributed by atoms with Crippen molar-refractivity contribution in [1.82, 2.24) is 9.88 Å². The monoisotopic (exact) mass is 284 g/mol. The lowest BCUT2D eigenvalue weighted by Gasteiger charge is -2.23. The first kappa shape index (κ1) is 15.4. The predicted molar refractivity (Wildman–Crippen MR) is 72.4 cm³/mol. The molecule has 0 aliphatic rings. The van der Waals surface area contributed by atoms with Crippen LogP contribution in [-0.2, 0) is 4.79 Å². The van der Waals surface area contributed by atoms with E-state index in [2.05, 4.69) is 4.98 Å². The Kier molecular flexibility index (Phi) is 5.30. The molecule has 0 saturated heterocycles. The third-order valence-corrected chi connectivity index (χ3v) is 3.12. The summed E-state index contributed by atoms with van der Waals surface area (Å²) in [6.45, 7) is 5.70. The molecule has 0 aliphatic heterocycles. The molecule has 0 aliphatic carbocycles. The average Bonchev–Trinajstić information content (AvgIpc) is 2.34. The molecule has 0 aromatic carbocycles. The average molecular weight is 285 g/mol. The van der Waals surface area contributed by atoms with Gasteiger partial charge in [0.05, 0.1) is 16.5 Å². The summed E-state index contributed by atoms with van der Waals surface area (Å²) in [4.78, 5) is 28.6. The molecule has 0 saturated carbocycles. The van der Waals surface area contributed by atoms with E-state index in [1.54, 1.807) is 26.8 Å². The Morgan fingerprint density at radius 1 is 1.53 bits per heavy atom. The summed E-state index contributed by atoms with van der Waals surface area (Å²) in [7, 11) is 0. The quantitative estimate of drug-likeness (QED) is 0.900. The van der Waals surface area contributed by atoms with Gasteiger partial charge in [0.2, 0.25) is 0 Å². The number of aryl methyl sites for hydroxylation is 1. The van der Waals surface area contributed by atoms with Crippen LogP contribution < -0.4 is 0 Å². The molecule has 1 unspecified atom stereocenters. The zero-order valence-electron chi connectivity index (χ0n) is 11.2. The van der Waals surface area contributed by atoms with Crippen LogP contribution in [0.2, 0.25) is 5.02 Å². The normalized spacial score (nSPS) is 12.0. The maximum Gasteiger partial charge on any atom is 0.308 e. The number of hydrogen-bond donors (Lipinski definition) is 1. The fourth-order valence-corrected chi connectivity index (χ4v) is 1.91. The van der Waals surface area contributed by atoms with Gasteiger partial charge in [-0.05, 0) is 19.9 Å². The Morgan fingerprint density at radius 2 is 2.16 bits per heavy atom. The molecule has 1 aromatic rings. The molecule has 1 heterocycles. The lowest BCUT2D eigenvalue weighted by Crippen LogP contribution is -2.37. The van der Waals surface area contributed by atoms with Crippen LogP contribution in [0.1, 0.15) is 29.9 Å². The fourth-order valence-electron chi connectivity index (χ4n) is 1.62. The van der Waals surface area contributed by atoms with Crippen molar-refractivity contribution < 1.29 is 14.7 Å². The highest BCUT2D eigenvalue weighted by molar-refractivity contribution is 6.33. The number of carbonyl (C=O) groups is 2. The standard InChI is InChI=1S/C13H17ClN2O3/c1-4-16(7-8(2)13(18)19)12(17)10-6-15-9(3)5-11(10)14/h5-6,8H,4,7H2,1-3H3,(H,18,19). The van der Waals surface area contributed by atoms with Crippen LogP contribution in [0.25, 0.3) is 0 Å². The van der Waals surface area contributed by atoms with Crippen LogP contribution in [0.3, 0.4) is 0 Å². The van der Waals surface area contributed by atoms with E-state index in [0.717, 1.165) is 5.69 Å². The summed E-state index contributed by atoms with van der Waals surface area (Å²) < 4.78 is 0. The fraction of sp³-hybridized carbons (Fsp3) is 0.462. The highest BCUT2D eigenvalue weighted by Crippen LogP contribution is 2.18. The van der Waals surface area contributed by atoms with Crippen molar-refractivity contribution in [3.8, 4) is 0 Å². The van der Waals surface area contributed by atoms with Gasteiger partial charge in [-0.2, -0.15) is 0 Å². The minimum atomic E-state index is -0.931. The van der Waals surface area contributed by atoms with Crippen LogP contribution in [0, 0.1) is 12.8 Å². The van der Waals surface area contributed by atoms with E-state index in [-0.39, 0.29) is 12.5 Å². The molecular formula is C13H17ClN2O3. The Labute approximate surface area is 117 Å². The van der Waals surface area contributed by atoms with Gasteiger partial charge in [0.1, 0.15) is 0 Å². The van der Waals surface area contributed by atoms with Gasteiger partial charge in [-0.15, -0.1) is 0 Å². The lowest BCUT2D eigenvalue weighted by atomic mass is 10.1. The van der Waals surface area contributed by atoms with E-state index in [1.807, 2.05) is 0 Å². The molecule has 1 atom stereocenters. The lowest BCUT2D eigenvalue weighted by molar-refractivity contribution is -0.141. The number of hydrogen-bond acceptors (Lipinski definition) is 3. The highest BCUT2D eigenvalue weighted by atomic mass is 35.5. The Balaban J connectivity index is 2.92. The van der Waals surface area contributed by atoms with Gasteiger partial charge in [-0.1, -0.05) is 18.5 Å². The molecular weight excluding hydrogens is 268 g/mol. The van der Waals surface area contributed by atoms with Crippen LogP contribution in [-0.4, -0.2) is 40.0 Å². The maximum absolute atomic E-state index is 12.3. The molecule has 1 aromatic heterocycles. The molecule has 0 spiro atoms.